The van der Waals surface area contributed by atoms with Gasteiger partial charge in [-0.05, 0) is 30.4 Å². The zero-order valence-corrected chi connectivity index (χ0v) is 17.9. The van der Waals surface area contributed by atoms with Gasteiger partial charge in [0.2, 0.25) is 0 Å². The lowest BCUT2D eigenvalue weighted by Crippen LogP contribution is -2.44. The molecule has 31 heavy (non-hydrogen) atoms. The number of anilines is 1. The highest BCUT2D eigenvalue weighted by molar-refractivity contribution is 6.31. The lowest BCUT2D eigenvalue weighted by molar-refractivity contribution is 0.0891. The summed E-state index contributed by atoms with van der Waals surface area (Å²) in [7, 11) is 0. The summed E-state index contributed by atoms with van der Waals surface area (Å²) < 4.78 is 0. The van der Waals surface area contributed by atoms with Crippen molar-refractivity contribution >= 4 is 23.2 Å². The van der Waals surface area contributed by atoms with Crippen molar-refractivity contribution in [2.75, 3.05) is 18.5 Å². The summed E-state index contributed by atoms with van der Waals surface area (Å²) in [6, 6.07) is 9.96. The minimum absolute atomic E-state index is 0.0658. The van der Waals surface area contributed by atoms with Crippen molar-refractivity contribution in [1.29, 1.82) is 0 Å². The van der Waals surface area contributed by atoms with Crippen molar-refractivity contribution in [1.82, 2.24) is 5.32 Å². The van der Waals surface area contributed by atoms with Crippen LogP contribution in [-0.4, -0.2) is 41.8 Å². The first-order valence-electron chi connectivity index (χ1n) is 10.9. The lowest BCUT2D eigenvalue weighted by Gasteiger charge is -2.34. The zero-order chi connectivity index (χ0) is 22.1. The van der Waals surface area contributed by atoms with Crippen molar-refractivity contribution in [2.45, 2.75) is 39.2 Å². The fourth-order valence-electron chi connectivity index (χ4n) is 4.77. The molecular formula is C25H28N2O4. The van der Waals surface area contributed by atoms with Gasteiger partial charge in [-0.1, -0.05) is 51.0 Å². The Morgan fingerprint density at radius 2 is 1.71 bits per heavy atom. The molecule has 0 aromatic heterocycles. The number of carbonyl (C=O) groups is 3. The van der Waals surface area contributed by atoms with Crippen LogP contribution in [0.1, 0.15) is 75.3 Å². The van der Waals surface area contributed by atoms with Gasteiger partial charge in [-0.15, -0.1) is 0 Å². The second-order valence-corrected chi connectivity index (χ2v) is 8.61. The fourth-order valence-corrected chi connectivity index (χ4v) is 4.77. The van der Waals surface area contributed by atoms with E-state index in [0.717, 1.165) is 19.3 Å². The van der Waals surface area contributed by atoms with Gasteiger partial charge in [-0.2, -0.15) is 0 Å². The lowest BCUT2D eigenvalue weighted by atomic mass is 9.78. The first-order valence-corrected chi connectivity index (χ1v) is 10.9. The Kier molecular flexibility index (Phi) is 5.92. The van der Waals surface area contributed by atoms with Crippen LogP contribution < -0.4 is 10.6 Å². The molecule has 0 unspecified atom stereocenters. The first kappa shape index (κ1) is 21.2. The highest BCUT2D eigenvalue weighted by Crippen LogP contribution is 2.35. The number of aliphatic hydroxyl groups is 1. The molecule has 2 aliphatic carbocycles. The maximum Gasteiger partial charge on any atom is 0.253 e. The molecule has 0 radical (unpaired) electrons. The van der Waals surface area contributed by atoms with Gasteiger partial charge in [-0.25, -0.2) is 0 Å². The highest BCUT2D eigenvalue weighted by Gasteiger charge is 2.34. The molecule has 4 rings (SSSR count). The van der Waals surface area contributed by atoms with E-state index in [4.69, 9.17) is 0 Å². The van der Waals surface area contributed by atoms with Crippen molar-refractivity contribution in [3.8, 4) is 0 Å². The second kappa shape index (κ2) is 8.63. The van der Waals surface area contributed by atoms with Crippen molar-refractivity contribution in [3.63, 3.8) is 0 Å². The van der Waals surface area contributed by atoms with Crippen LogP contribution in [0.3, 0.4) is 0 Å². The number of amides is 1. The van der Waals surface area contributed by atoms with E-state index < -0.39 is 0 Å². The summed E-state index contributed by atoms with van der Waals surface area (Å²) in [6.45, 7) is 4.36. The number of carbonyl (C=O) groups excluding carboxylic acids is 3. The largest absolute Gasteiger partial charge is 0.395 e. The van der Waals surface area contributed by atoms with Gasteiger partial charge in [0.05, 0.1) is 23.4 Å². The number of hydrogen-bond donors (Lipinski definition) is 3. The van der Waals surface area contributed by atoms with Gasteiger partial charge in [0.1, 0.15) is 0 Å². The van der Waals surface area contributed by atoms with Crippen molar-refractivity contribution in [2.24, 2.45) is 11.8 Å². The van der Waals surface area contributed by atoms with E-state index in [2.05, 4.69) is 24.5 Å². The Balaban J connectivity index is 1.75. The molecule has 0 bridgehead atoms. The van der Waals surface area contributed by atoms with E-state index in [0.29, 0.717) is 34.2 Å². The van der Waals surface area contributed by atoms with E-state index in [9.17, 15) is 19.5 Å². The van der Waals surface area contributed by atoms with Gasteiger partial charge >= 0.3 is 0 Å². The average Bonchev–Trinajstić information content (AvgIpc) is 2.78. The predicted octanol–water partition coefficient (Wildman–Crippen LogP) is 3.42. The topological polar surface area (TPSA) is 95.5 Å². The Hall–Kier alpha value is -2.99. The van der Waals surface area contributed by atoms with Gasteiger partial charge in [0.25, 0.3) is 5.91 Å². The van der Waals surface area contributed by atoms with Gasteiger partial charge < -0.3 is 15.7 Å². The van der Waals surface area contributed by atoms with Crippen LogP contribution in [0.5, 0.6) is 0 Å². The van der Waals surface area contributed by atoms with Crippen molar-refractivity contribution in [3.05, 3.63) is 64.2 Å². The Morgan fingerprint density at radius 3 is 2.42 bits per heavy atom. The normalized spacial score (nSPS) is 22.5. The summed E-state index contributed by atoms with van der Waals surface area (Å²) >= 11 is 0. The molecule has 6 nitrogen and oxygen atoms in total. The minimum Gasteiger partial charge on any atom is -0.395 e. The number of aliphatic hydroxyl groups excluding tert-OH is 1. The van der Waals surface area contributed by atoms with Crippen LogP contribution in [0.15, 0.2) is 36.4 Å². The van der Waals surface area contributed by atoms with Crippen LogP contribution in [0.4, 0.5) is 5.69 Å². The number of ketones is 2. The summed E-state index contributed by atoms with van der Waals surface area (Å²) in [5.74, 6) is 0.0942. The van der Waals surface area contributed by atoms with Crippen molar-refractivity contribution < 1.29 is 19.5 Å². The van der Waals surface area contributed by atoms with Crippen LogP contribution in [-0.2, 0) is 0 Å². The quantitative estimate of drug-likeness (QED) is 0.588. The third kappa shape index (κ3) is 3.76. The van der Waals surface area contributed by atoms with Crippen LogP contribution >= 0.6 is 0 Å². The van der Waals surface area contributed by atoms with E-state index in [1.54, 1.807) is 36.4 Å². The number of fused-ring (bicyclic) bond motifs is 2. The Labute approximate surface area is 182 Å². The molecule has 2 aliphatic rings. The van der Waals surface area contributed by atoms with E-state index in [1.807, 2.05) is 0 Å². The monoisotopic (exact) mass is 420 g/mol. The zero-order valence-electron chi connectivity index (χ0n) is 17.9. The maximum atomic E-state index is 13.3. The Bertz CT molecular complexity index is 1050. The highest BCUT2D eigenvalue weighted by atomic mass is 16.3. The van der Waals surface area contributed by atoms with Gasteiger partial charge in [0.15, 0.2) is 11.6 Å². The second-order valence-electron chi connectivity index (χ2n) is 8.61. The first-order chi connectivity index (χ1) is 14.9. The summed E-state index contributed by atoms with van der Waals surface area (Å²) in [6.07, 6.45) is 3.15. The minimum atomic E-state index is -0.292. The molecular weight excluding hydrogens is 392 g/mol. The molecule has 162 valence electrons. The molecule has 6 heteroatoms. The smallest absolute Gasteiger partial charge is 0.253 e. The molecule has 0 heterocycles. The molecule has 1 amide bonds. The van der Waals surface area contributed by atoms with E-state index in [-0.39, 0.29) is 47.8 Å². The predicted molar refractivity (Wildman–Crippen MR) is 119 cm³/mol. The molecule has 2 aromatic carbocycles. The molecule has 3 atom stereocenters. The fraction of sp³-hybridized carbons (Fsp3) is 0.400. The molecule has 3 N–H and O–H groups in total. The number of nitrogens with one attached hydrogen (secondary N) is 2. The molecule has 2 aromatic rings. The van der Waals surface area contributed by atoms with Gasteiger partial charge in [-0.3, -0.25) is 14.4 Å². The van der Waals surface area contributed by atoms with Crippen LogP contribution in [0, 0.1) is 11.8 Å². The summed E-state index contributed by atoms with van der Waals surface area (Å²) in [5, 5.41) is 15.5. The molecule has 0 spiro atoms. The molecule has 1 fully saturated rings. The van der Waals surface area contributed by atoms with E-state index in [1.165, 1.54) is 0 Å². The van der Waals surface area contributed by atoms with Crippen LogP contribution in [0.25, 0.3) is 0 Å². The average molecular weight is 421 g/mol. The Morgan fingerprint density at radius 1 is 1.00 bits per heavy atom. The SMILES string of the molecule is C[C@@H]1[C@@H](C)CCC[C@H]1NC(=O)c1ccc2c(c1NCCO)C(=O)c1ccccc1C2=O. The molecule has 0 saturated heterocycles. The number of hydrogen-bond acceptors (Lipinski definition) is 5. The summed E-state index contributed by atoms with van der Waals surface area (Å²) in [5.41, 5.74) is 1.82. The number of benzene rings is 2. The standard InChI is InChI=1S/C25H28N2O4/c1-14-6-5-9-20(15(14)2)27-25(31)19-11-10-18-21(22(19)26-12-13-28)24(30)17-8-4-3-7-16(17)23(18)29/h3-4,7-8,10-11,14-15,20,26,28H,5-6,9,12-13H2,1-2H3,(H,27,31)/t14-,15+,20+/m0/s1. The summed E-state index contributed by atoms with van der Waals surface area (Å²) in [4.78, 5) is 39.6. The van der Waals surface area contributed by atoms with Gasteiger partial charge in [0, 0.05) is 29.3 Å². The maximum absolute atomic E-state index is 13.3. The van der Waals surface area contributed by atoms with E-state index >= 15 is 0 Å². The molecule has 1 saturated carbocycles. The molecule has 0 aliphatic heterocycles. The number of rotatable bonds is 5. The third-order valence-corrected chi connectivity index (χ3v) is 6.77. The third-order valence-electron chi connectivity index (χ3n) is 6.77. The van der Waals surface area contributed by atoms with Crippen LogP contribution in [0.2, 0.25) is 0 Å².